The third kappa shape index (κ3) is 10.9. The van der Waals surface area contributed by atoms with Crippen LogP contribution in [0.15, 0.2) is 437 Å². The average Bonchev–Trinajstić information content (AvgIpc) is 1.50. The molecule has 15 heteroatoms. The fourth-order valence-electron chi connectivity index (χ4n) is 25.3. The van der Waals surface area contributed by atoms with Gasteiger partial charge in [0, 0.05) is 0 Å². The van der Waals surface area contributed by atoms with Crippen LogP contribution in [-0.4, -0.2) is 69.5 Å². The Balaban J connectivity index is 0.517. The van der Waals surface area contributed by atoms with Gasteiger partial charge in [-0.05, 0) is 340 Å². The van der Waals surface area contributed by atoms with Crippen molar-refractivity contribution in [3.05, 3.63) is 442 Å². The van der Waals surface area contributed by atoms with Gasteiger partial charge in [0.15, 0.2) is 0 Å². The molecule has 0 saturated carbocycles. The van der Waals surface area contributed by atoms with E-state index in [1.54, 1.807) is 0 Å². The molecule has 682 valence electrons. The molecule has 0 saturated heterocycles. The molecular weight excluding hydrogens is 1810 g/mol. The molecule has 0 aliphatic rings. The van der Waals surface area contributed by atoms with E-state index >= 15 is 0 Å². The van der Waals surface area contributed by atoms with E-state index in [1.807, 2.05) is 0 Å². The van der Waals surface area contributed by atoms with Crippen molar-refractivity contribution in [1.29, 1.82) is 0 Å². The normalized spacial score (nSPS) is 12.6. The summed E-state index contributed by atoms with van der Waals surface area (Å²) < 4.78 is 21.2. The van der Waals surface area contributed by atoms with E-state index in [-0.39, 0.29) is 0 Å². The van der Waals surface area contributed by atoms with Crippen molar-refractivity contribution >= 4 is 215 Å². The van der Waals surface area contributed by atoms with Gasteiger partial charge in [-0.2, -0.15) is 0 Å². The predicted molar refractivity (Wildman–Crippen MR) is 607 cm³/mol. The average molecular weight is 1880 g/mol. The molecule has 0 N–H and O–H groups in total. The maximum Gasteiger partial charge on any atom is 0.223 e. The van der Waals surface area contributed by atoms with Gasteiger partial charge in [-0.1, -0.05) is 285 Å². The van der Waals surface area contributed by atoms with Gasteiger partial charge in [-0.25, -0.2) is 43.1 Å². The number of rotatable bonds is 10. The number of hydrogen-bond acceptors (Lipinski definition) is 6. The van der Waals surface area contributed by atoms with Crippen molar-refractivity contribution in [3.8, 4) is 111 Å². The molecule has 0 amide bonds. The minimum Gasteiger partial charge on any atom is -0.276 e. The highest BCUT2D eigenvalue weighted by atomic mass is 15.3. The first-order chi connectivity index (χ1) is 73.1. The second-order valence-corrected chi connectivity index (χ2v) is 40.5. The lowest BCUT2D eigenvalue weighted by Gasteiger charge is -2.14. The molecule has 148 heavy (non-hydrogen) atoms. The van der Waals surface area contributed by atoms with Gasteiger partial charge in [-0.15, -0.1) is 0 Å². The van der Waals surface area contributed by atoms with Crippen molar-refractivity contribution < 1.29 is 0 Å². The summed E-state index contributed by atoms with van der Waals surface area (Å²) in [6.07, 6.45) is 0. The minimum atomic E-state index is 0.795. The third-order valence-electron chi connectivity index (χ3n) is 32.1. The molecule has 0 spiro atoms. The maximum atomic E-state index is 5.73. The summed E-state index contributed by atoms with van der Waals surface area (Å²) in [5.41, 5.74) is 45.2. The lowest BCUT2D eigenvalue weighted by Crippen LogP contribution is -1.91. The number of hydrogen-bond donors (Lipinski definition) is 0. The van der Waals surface area contributed by atoms with E-state index in [0.717, 1.165) is 305 Å². The van der Waals surface area contributed by atoms with E-state index in [0.29, 0.717) is 0 Å². The molecule has 0 radical (unpaired) electrons. The van der Waals surface area contributed by atoms with E-state index in [1.165, 1.54) is 27.5 Å². The molecule has 12 aromatic heterocycles. The molecule has 0 atom stereocenters. The van der Waals surface area contributed by atoms with Crippen LogP contribution in [0.5, 0.6) is 0 Å². The van der Waals surface area contributed by atoms with E-state index < -0.39 is 0 Å². The summed E-state index contributed by atoms with van der Waals surface area (Å²) in [6, 6.07) is 161. The quantitative estimate of drug-likeness (QED) is 0.135. The number of fused-ring (bicyclic) bond motifs is 36. The number of imidazole rings is 12. The van der Waals surface area contributed by atoms with Crippen LogP contribution in [0.4, 0.5) is 0 Å². The van der Waals surface area contributed by atoms with Gasteiger partial charge in [0.05, 0.1) is 99.3 Å². The molecule has 0 unspecified atom stereocenters. The van der Waals surface area contributed by atoms with Crippen molar-refractivity contribution in [3.63, 3.8) is 0 Å². The molecule has 15 nitrogen and oxygen atoms in total. The molecule has 12 heterocycles. The van der Waals surface area contributed by atoms with E-state index in [9.17, 15) is 0 Å². The molecule has 0 aliphatic heterocycles. The van der Waals surface area contributed by atoms with Crippen LogP contribution in [0.25, 0.3) is 326 Å². The van der Waals surface area contributed by atoms with Gasteiger partial charge in [0.1, 0.15) is 16.6 Å². The zero-order valence-corrected chi connectivity index (χ0v) is 79.3. The standard InChI is InChI=1S/C133H75N15/c1-74-47-94(77-25-11-4-12-26-77)53-95(48-74)100-68-119-125-120(69-100)142-115-64-96-49-84(35-39-90(96)58-109(115)136-130(142)146(125)128-134-107-56-80-31-17-19-33-82(80)62-113(107)140(119)128)85-36-40-91-59-110-116(65-97(91)50-85)143-121-70-101(104-46-44-88(75-21-7-2-8-22-75)54-105(104)79-29-15-6-16-30-79)71-122-126(121)147(131(143)137-110)132-138-111-60-92-41-37-86(51-98(92)66-117(111)144(122)132)87-38-42-93-61-112-118(67-99(93)52-87)145-124-73-102(106-55-89(76-23-9-3-10-24-76)43-45-103(106)78-27-13-5-14-28-78)72-123-127(124)148(133(145)139-112)129-135-108-57-81-32-18-20-34-83(81)63-114(108)141(123)129/h2-73H,1H3. The highest BCUT2D eigenvalue weighted by molar-refractivity contribution is 6.16. The fourth-order valence-corrected chi connectivity index (χ4v) is 25.3. The highest BCUT2D eigenvalue weighted by Crippen LogP contribution is 2.50. The van der Waals surface area contributed by atoms with Gasteiger partial charge < -0.3 is 0 Å². The summed E-state index contributed by atoms with van der Waals surface area (Å²) in [5.74, 6) is 4.89. The number of aryl methyl sites for hydroxylation is 1. The first-order valence-electron chi connectivity index (χ1n) is 50.5. The number of benzene rings is 23. The van der Waals surface area contributed by atoms with Crippen molar-refractivity contribution in [2.45, 2.75) is 6.92 Å². The van der Waals surface area contributed by atoms with Crippen molar-refractivity contribution in [2.75, 3.05) is 0 Å². The maximum absolute atomic E-state index is 5.73. The first kappa shape index (κ1) is 78.5. The van der Waals surface area contributed by atoms with Crippen LogP contribution in [0, 0.1) is 6.92 Å². The molecular formula is C133H75N15. The molecule has 35 rings (SSSR count). The molecule has 0 bridgehead atoms. The van der Waals surface area contributed by atoms with Crippen molar-refractivity contribution in [2.24, 2.45) is 0 Å². The SMILES string of the molecule is Cc1cc(-c2ccccc2)cc(-c2cc3c4c(c2)n2c5cc6cc(-c7ccc8cc9nc%10n(c9cc8c7)c7cc(-c8ccc(-c9ccccc9)cc8-c8ccccc8)cc8c7n%10c7nc9cc%10ccc(-c%11ccc%12cc%13nc%14n(c%13cc%12c%11)c%11cc(-c%12cc(-c%13ccccc%13)ccc%12-c%12ccccc%12)cc%12c%11n%14c%11nc%13cc%14ccccc%14cc%13n%12%11)cc%10cc9n87)ccc6cc5nc2n4c2nc4cc5ccccc5cc4n32)c1. The van der Waals surface area contributed by atoms with E-state index in [4.69, 9.17) is 29.9 Å². The van der Waals surface area contributed by atoms with E-state index in [2.05, 4.69) is 483 Å². The Morgan fingerprint density at radius 2 is 0.345 bits per heavy atom. The summed E-state index contributed by atoms with van der Waals surface area (Å²) in [5, 5.41) is 13.5. The predicted octanol–water partition coefficient (Wildman–Crippen LogP) is 32.9. The van der Waals surface area contributed by atoms with Gasteiger partial charge in [0.25, 0.3) is 0 Å². The van der Waals surface area contributed by atoms with Crippen LogP contribution in [0.3, 0.4) is 0 Å². The van der Waals surface area contributed by atoms with Crippen LogP contribution in [0.2, 0.25) is 0 Å². The molecule has 35 aromatic rings. The lowest BCUT2D eigenvalue weighted by molar-refractivity contribution is 1.15. The largest absolute Gasteiger partial charge is 0.276 e. The summed E-state index contributed by atoms with van der Waals surface area (Å²) in [7, 11) is 0. The molecule has 0 aliphatic carbocycles. The smallest absolute Gasteiger partial charge is 0.223 e. The Labute approximate surface area is 839 Å². The second kappa shape index (κ2) is 28.6. The zero-order valence-electron chi connectivity index (χ0n) is 79.3. The highest BCUT2D eigenvalue weighted by Gasteiger charge is 2.32. The first-order valence-corrected chi connectivity index (χ1v) is 50.5. The molecule has 0 fully saturated rings. The topological polar surface area (TPSA) is 117 Å². The zero-order chi connectivity index (χ0) is 96.0. The second-order valence-electron chi connectivity index (χ2n) is 40.5. The van der Waals surface area contributed by atoms with Crippen molar-refractivity contribution in [1.82, 2.24) is 69.5 Å². The Hall–Kier alpha value is -20.2. The van der Waals surface area contributed by atoms with Crippen LogP contribution in [0.1, 0.15) is 5.56 Å². The Kier molecular flexibility index (Phi) is 15.2. The summed E-state index contributed by atoms with van der Waals surface area (Å²) >= 11 is 0. The Bertz CT molecular complexity index is 12000. The fraction of sp³-hybridized carbons (Fsp3) is 0.00752. The third-order valence-corrected chi connectivity index (χ3v) is 32.1. The van der Waals surface area contributed by atoms with Gasteiger partial charge in [-0.3, -0.25) is 26.4 Å². The number of nitrogens with zero attached hydrogens (tertiary/aromatic N) is 15. The minimum absolute atomic E-state index is 0.795. The van der Waals surface area contributed by atoms with Crippen LogP contribution >= 0.6 is 0 Å². The Morgan fingerprint density at radius 1 is 0.128 bits per heavy atom. The van der Waals surface area contributed by atoms with Gasteiger partial charge in [0.2, 0.25) is 34.7 Å². The number of aromatic nitrogens is 15. The summed E-state index contributed by atoms with van der Waals surface area (Å²) in [6.45, 7) is 2.20. The Morgan fingerprint density at radius 3 is 0.662 bits per heavy atom. The summed E-state index contributed by atoms with van der Waals surface area (Å²) in [4.78, 5) is 33.7. The van der Waals surface area contributed by atoms with Crippen LogP contribution in [-0.2, 0) is 0 Å². The molecule has 23 aromatic carbocycles. The monoisotopic (exact) mass is 1880 g/mol. The van der Waals surface area contributed by atoms with Crippen LogP contribution < -0.4 is 0 Å². The lowest BCUT2D eigenvalue weighted by atomic mass is 9.91. The van der Waals surface area contributed by atoms with Gasteiger partial charge >= 0.3 is 0 Å².